The molecule has 1 atom stereocenters. The molecule has 0 amide bonds. The largest absolute Gasteiger partial charge is 0.272 e. The summed E-state index contributed by atoms with van der Waals surface area (Å²) in [5, 5.41) is 0. The van der Waals surface area contributed by atoms with Crippen LogP contribution in [0.2, 0.25) is 0 Å². The summed E-state index contributed by atoms with van der Waals surface area (Å²) in [7, 11) is 0. The third-order valence-corrected chi connectivity index (χ3v) is 10.7. The van der Waals surface area contributed by atoms with Crippen LogP contribution >= 0.6 is 34.9 Å². The highest BCUT2D eigenvalue weighted by Gasteiger charge is 2.28. The number of thiazole rings is 1. The Kier molecular flexibility index (Phi) is 6.44. The van der Waals surface area contributed by atoms with Crippen LogP contribution in [0.1, 0.15) is 28.3 Å². The van der Waals surface area contributed by atoms with Gasteiger partial charge in [-0.15, -0.1) is 0 Å². The fourth-order valence-corrected chi connectivity index (χ4v) is 8.78. The van der Waals surface area contributed by atoms with Gasteiger partial charge in [0.25, 0.3) is 5.56 Å². The van der Waals surface area contributed by atoms with Crippen molar-refractivity contribution in [3.05, 3.63) is 169 Å². The van der Waals surface area contributed by atoms with Crippen LogP contribution in [0.3, 0.4) is 0 Å². The van der Waals surface area contributed by atoms with E-state index in [1.807, 2.05) is 53.1 Å². The maximum atomic E-state index is 14.1. The van der Waals surface area contributed by atoms with Crippen LogP contribution < -0.4 is 14.9 Å². The molecule has 1 aromatic heterocycles. The molecule has 0 unspecified atom stereocenters. The summed E-state index contributed by atoms with van der Waals surface area (Å²) in [6.45, 7) is 0. The van der Waals surface area contributed by atoms with E-state index in [9.17, 15) is 4.79 Å². The highest BCUT2D eigenvalue weighted by atomic mass is 32.2. The van der Waals surface area contributed by atoms with Crippen molar-refractivity contribution in [2.75, 3.05) is 0 Å². The van der Waals surface area contributed by atoms with Gasteiger partial charge in [0.05, 0.1) is 16.0 Å². The Bertz CT molecular complexity index is 1850. The van der Waals surface area contributed by atoms with E-state index in [1.54, 1.807) is 23.5 Å². The first-order valence-electron chi connectivity index (χ1n) is 12.6. The predicted molar refractivity (Wildman–Crippen MR) is 167 cm³/mol. The molecule has 4 aromatic carbocycles. The second-order valence-electron chi connectivity index (χ2n) is 9.16. The molecular formula is C33H22N2OS3. The van der Waals surface area contributed by atoms with Crippen LogP contribution in [0.25, 0.3) is 19.7 Å². The summed E-state index contributed by atoms with van der Waals surface area (Å²) in [6, 6.07) is 41.0. The molecule has 188 valence electrons. The molecule has 0 saturated heterocycles. The number of fused-ring (bicyclic) bond motifs is 1. The second kappa shape index (κ2) is 10.4. The van der Waals surface area contributed by atoms with Gasteiger partial charge in [-0.2, -0.15) is 0 Å². The van der Waals surface area contributed by atoms with Crippen LogP contribution in [0.5, 0.6) is 0 Å². The highest BCUT2D eigenvalue weighted by Crippen LogP contribution is 2.57. The zero-order valence-corrected chi connectivity index (χ0v) is 23.2. The summed E-state index contributed by atoms with van der Waals surface area (Å²) >= 11 is 4.87. The average molecular weight is 559 g/mol. The molecule has 6 heteroatoms. The molecule has 0 spiro atoms. The molecule has 2 aliphatic heterocycles. The molecule has 0 radical (unpaired) electrons. The molecule has 2 aliphatic rings. The first kappa shape index (κ1) is 24.2. The van der Waals surface area contributed by atoms with Gasteiger partial charge in [0.1, 0.15) is 4.53 Å². The summed E-state index contributed by atoms with van der Waals surface area (Å²) in [4.78, 5) is 22.2. The SMILES string of the molecule is O=c1c(=C2SC(c3ccccc3)=C(c3ccccc3)S2)sc2n1[C@@H](c1ccccc1)C=C(c1ccccc1)N=2. The lowest BCUT2D eigenvalue weighted by molar-refractivity contribution is 0.644. The monoisotopic (exact) mass is 558 g/mol. The van der Waals surface area contributed by atoms with Crippen molar-refractivity contribution >= 4 is 54.6 Å². The van der Waals surface area contributed by atoms with Crippen molar-refractivity contribution in [1.29, 1.82) is 0 Å². The second-order valence-corrected chi connectivity index (χ2v) is 12.4. The van der Waals surface area contributed by atoms with Gasteiger partial charge in [-0.3, -0.25) is 9.36 Å². The van der Waals surface area contributed by atoms with Crippen molar-refractivity contribution in [3.63, 3.8) is 0 Å². The summed E-state index contributed by atoms with van der Waals surface area (Å²) in [5.41, 5.74) is 5.33. The molecule has 0 saturated carbocycles. The molecule has 3 nitrogen and oxygen atoms in total. The number of aromatic nitrogens is 1. The zero-order chi connectivity index (χ0) is 26.2. The van der Waals surface area contributed by atoms with E-state index < -0.39 is 0 Å². The maximum absolute atomic E-state index is 14.1. The number of nitrogens with zero attached hydrogens (tertiary/aromatic N) is 2. The fraction of sp³-hybridized carbons (Fsp3) is 0.0303. The molecule has 0 bridgehead atoms. The summed E-state index contributed by atoms with van der Waals surface area (Å²) < 4.78 is 3.61. The first-order chi connectivity index (χ1) is 19.3. The van der Waals surface area contributed by atoms with Gasteiger partial charge in [0, 0.05) is 9.81 Å². The lowest BCUT2D eigenvalue weighted by atomic mass is 10.0. The predicted octanol–water partition coefficient (Wildman–Crippen LogP) is 7.25. The molecule has 0 fully saturated rings. The lowest BCUT2D eigenvalue weighted by Crippen LogP contribution is -2.36. The number of hydrogen-bond acceptors (Lipinski definition) is 5. The van der Waals surface area contributed by atoms with Crippen molar-refractivity contribution in [2.24, 2.45) is 4.99 Å². The van der Waals surface area contributed by atoms with E-state index in [1.165, 1.54) is 21.1 Å². The van der Waals surface area contributed by atoms with Gasteiger partial charge in [0.2, 0.25) is 0 Å². The van der Waals surface area contributed by atoms with E-state index in [0.29, 0.717) is 0 Å². The quantitative estimate of drug-likeness (QED) is 0.233. The zero-order valence-electron chi connectivity index (χ0n) is 20.7. The fourth-order valence-electron chi connectivity index (χ4n) is 4.81. The first-order valence-corrected chi connectivity index (χ1v) is 15.1. The number of rotatable bonds is 4. The Hall–Kier alpha value is -3.84. The number of hydrogen-bond donors (Lipinski definition) is 0. The van der Waals surface area contributed by atoms with Gasteiger partial charge >= 0.3 is 0 Å². The minimum Gasteiger partial charge on any atom is -0.272 e. The minimum atomic E-state index is -0.224. The number of benzene rings is 4. The highest BCUT2D eigenvalue weighted by molar-refractivity contribution is 8.41. The van der Waals surface area contributed by atoms with Gasteiger partial charge in [-0.1, -0.05) is 156 Å². The van der Waals surface area contributed by atoms with Gasteiger partial charge in [-0.25, -0.2) is 4.99 Å². The number of allylic oxidation sites excluding steroid dienone is 1. The van der Waals surface area contributed by atoms with Crippen molar-refractivity contribution < 1.29 is 0 Å². The minimum absolute atomic E-state index is 0.00712. The standard InChI is InChI=1S/C33H22N2OS3/c36-31-30(32-37-28(24-17-9-3-10-18-24)29(38-32)25-19-11-4-12-20-25)39-33-34-26(22-13-5-1-6-14-22)21-27(35(31)33)23-15-7-2-8-16-23/h1-21,27H/t27-/m1/s1. The summed E-state index contributed by atoms with van der Waals surface area (Å²) in [5.74, 6) is 0. The molecule has 39 heavy (non-hydrogen) atoms. The third-order valence-electron chi connectivity index (χ3n) is 6.69. The van der Waals surface area contributed by atoms with E-state index >= 15 is 0 Å². The van der Waals surface area contributed by atoms with E-state index in [0.717, 1.165) is 41.5 Å². The van der Waals surface area contributed by atoms with E-state index in [-0.39, 0.29) is 11.6 Å². The molecule has 0 N–H and O–H groups in total. The molecule has 7 rings (SSSR count). The smallest absolute Gasteiger partial charge is 0.272 e. The van der Waals surface area contributed by atoms with Crippen LogP contribution in [-0.2, 0) is 0 Å². The van der Waals surface area contributed by atoms with E-state index in [4.69, 9.17) is 4.99 Å². The Balaban J connectivity index is 1.42. The van der Waals surface area contributed by atoms with Crippen LogP contribution in [-0.4, -0.2) is 4.57 Å². The van der Waals surface area contributed by atoms with Crippen LogP contribution in [0.15, 0.2) is 137 Å². The molecule has 5 aromatic rings. The number of thioether (sulfide) groups is 2. The Morgan fingerprint density at radius 1 is 0.615 bits per heavy atom. The maximum Gasteiger partial charge on any atom is 0.272 e. The van der Waals surface area contributed by atoms with Gasteiger partial charge in [0.15, 0.2) is 4.80 Å². The van der Waals surface area contributed by atoms with Gasteiger partial charge in [-0.05, 0) is 28.3 Å². The topological polar surface area (TPSA) is 34.4 Å². The average Bonchev–Trinajstić information content (AvgIpc) is 3.60. The molecule has 0 aliphatic carbocycles. The van der Waals surface area contributed by atoms with Crippen molar-refractivity contribution in [1.82, 2.24) is 4.57 Å². The lowest BCUT2D eigenvalue weighted by Gasteiger charge is -2.19. The molecule has 3 heterocycles. The summed E-state index contributed by atoms with van der Waals surface area (Å²) in [6.07, 6.45) is 2.11. The third kappa shape index (κ3) is 4.55. The molecular weight excluding hydrogens is 537 g/mol. The van der Waals surface area contributed by atoms with Crippen LogP contribution in [0.4, 0.5) is 0 Å². The van der Waals surface area contributed by atoms with E-state index in [2.05, 4.69) is 78.9 Å². The Morgan fingerprint density at radius 3 is 1.64 bits per heavy atom. The Labute approximate surface area is 238 Å². The normalized spacial score (nSPS) is 16.6. The Morgan fingerprint density at radius 2 is 1.10 bits per heavy atom. The van der Waals surface area contributed by atoms with Crippen LogP contribution in [0, 0.1) is 0 Å². The van der Waals surface area contributed by atoms with Crippen molar-refractivity contribution in [2.45, 2.75) is 6.04 Å². The van der Waals surface area contributed by atoms with Crippen molar-refractivity contribution in [3.8, 4) is 0 Å². The van der Waals surface area contributed by atoms with Gasteiger partial charge < -0.3 is 0 Å².